The zero-order chi connectivity index (χ0) is 61.7. The summed E-state index contributed by atoms with van der Waals surface area (Å²) in [6.45, 7) is 9.92. The van der Waals surface area contributed by atoms with E-state index in [0.717, 1.165) is 88.4 Å². The number of hydrogen-bond acceptors (Lipinski definition) is 6. The molecule has 0 fully saturated rings. The van der Waals surface area contributed by atoms with E-state index in [1.54, 1.807) is 48.5 Å². The van der Waals surface area contributed by atoms with Crippen molar-refractivity contribution in [2.45, 2.75) is 259 Å². The van der Waals surface area contributed by atoms with Crippen LogP contribution in [0.1, 0.15) is 259 Å². The third-order valence-corrected chi connectivity index (χ3v) is 12.8. The minimum Gasteiger partial charge on any atom is -0.481 e. The highest BCUT2D eigenvalue weighted by atomic mass is 35.5. The fourth-order valence-corrected chi connectivity index (χ4v) is 7.89. The SMILES string of the molecule is CCCCCCCCCC(=O)O.CCCCCCCCCC(=O)O.CCCCCCCCCC(=O)O.CCCCCCCCCC(=O)O.NC(=NCCCCCCN=C(N)N=C(N)Nc1ccc(Cl)cc1)N=C(N)Nc1ccc(Cl)cc1. The summed E-state index contributed by atoms with van der Waals surface area (Å²) < 4.78 is 0. The molecule has 0 amide bonds. The van der Waals surface area contributed by atoms with Crippen LogP contribution in [0.4, 0.5) is 11.4 Å². The fourth-order valence-electron chi connectivity index (χ4n) is 7.63. The fraction of sp³-hybridized carbons (Fsp3) is 0.677. The molecule has 0 aromatic heterocycles. The summed E-state index contributed by atoms with van der Waals surface area (Å²) in [5, 5.41) is 40.5. The van der Waals surface area contributed by atoms with Crippen LogP contribution in [-0.2, 0) is 19.2 Å². The van der Waals surface area contributed by atoms with E-state index >= 15 is 0 Å². The summed E-state index contributed by atoms with van der Waals surface area (Å²) >= 11 is 11.7. The lowest BCUT2D eigenvalue weighted by Gasteiger charge is -2.05. The Hall–Kier alpha value is -5.62. The predicted molar refractivity (Wildman–Crippen MR) is 346 cm³/mol. The van der Waals surface area contributed by atoms with Crippen molar-refractivity contribution in [3.63, 3.8) is 0 Å². The Kier molecular flexibility index (Phi) is 60.4. The maximum Gasteiger partial charge on any atom is 0.303 e. The number of carboxylic acids is 4. The molecule has 0 aliphatic carbocycles. The molecule has 0 heterocycles. The van der Waals surface area contributed by atoms with E-state index in [-0.39, 0.29) is 23.8 Å². The molecule has 0 aliphatic heterocycles. The van der Waals surface area contributed by atoms with Gasteiger partial charge in [0.15, 0.2) is 0 Å². The van der Waals surface area contributed by atoms with Crippen LogP contribution in [-0.4, -0.2) is 81.2 Å². The van der Waals surface area contributed by atoms with Crippen molar-refractivity contribution in [1.82, 2.24) is 0 Å². The van der Waals surface area contributed by atoms with Gasteiger partial charge in [-0.25, -0.2) is 0 Å². The normalized spacial score (nSPS) is 11.3. The van der Waals surface area contributed by atoms with E-state index < -0.39 is 23.9 Å². The molecule has 2 aromatic rings. The molecule has 0 atom stereocenters. The topological polar surface area (TPSA) is 327 Å². The first-order valence-corrected chi connectivity index (χ1v) is 31.4. The molecule has 470 valence electrons. The van der Waals surface area contributed by atoms with Crippen LogP contribution in [0.5, 0.6) is 0 Å². The third-order valence-electron chi connectivity index (χ3n) is 12.3. The first-order valence-electron chi connectivity index (χ1n) is 30.6. The Labute approximate surface area is 503 Å². The van der Waals surface area contributed by atoms with Crippen LogP contribution in [0, 0.1) is 0 Å². The van der Waals surface area contributed by atoms with Gasteiger partial charge in [-0.1, -0.05) is 218 Å². The maximum atomic E-state index is 10.1. The van der Waals surface area contributed by atoms with Gasteiger partial charge in [-0.2, -0.15) is 9.98 Å². The Bertz CT molecular complexity index is 1780. The number of nitrogens with one attached hydrogen (secondary N) is 2. The van der Waals surface area contributed by atoms with Gasteiger partial charge in [-0.15, -0.1) is 0 Å². The Morgan fingerprint density at radius 1 is 0.354 bits per heavy atom. The molecule has 0 bridgehead atoms. The minimum absolute atomic E-state index is 0.124. The molecule has 82 heavy (non-hydrogen) atoms. The van der Waals surface area contributed by atoms with Crippen molar-refractivity contribution in [2.75, 3.05) is 23.7 Å². The summed E-state index contributed by atoms with van der Waals surface area (Å²) in [6, 6.07) is 14.1. The number of aliphatic imine (C=N–C) groups is 4. The molecule has 0 unspecified atom stereocenters. The largest absolute Gasteiger partial charge is 0.481 e. The van der Waals surface area contributed by atoms with Crippen molar-refractivity contribution in [1.29, 1.82) is 0 Å². The van der Waals surface area contributed by atoms with Crippen molar-refractivity contribution >= 4 is 82.3 Å². The molecular weight excluding hydrogens is 1080 g/mol. The summed E-state index contributed by atoms with van der Waals surface area (Å²) in [7, 11) is 0. The number of unbranched alkanes of at least 4 members (excludes halogenated alkanes) is 27. The summed E-state index contributed by atoms with van der Waals surface area (Å²) in [5.41, 5.74) is 24.8. The first kappa shape index (κ1) is 80.6. The number of hydrogen-bond donors (Lipinski definition) is 10. The van der Waals surface area contributed by atoms with E-state index in [0.29, 0.717) is 48.8 Å². The van der Waals surface area contributed by atoms with Gasteiger partial charge in [0.25, 0.3) is 0 Å². The summed E-state index contributed by atoms with van der Waals surface area (Å²) in [5.74, 6) is -2.09. The average molecular weight is 1190 g/mol. The van der Waals surface area contributed by atoms with Gasteiger partial charge < -0.3 is 54.0 Å². The zero-order valence-corrected chi connectivity index (χ0v) is 52.3. The van der Waals surface area contributed by atoms with E-state index in [4.69, 9.17) is 66.6 Å². The number of benzene rings is 2. The van der Waals surface area contributed by atoms with Gasteiger partial charge in [0.2, 0.25) is 23.8 Å². The van der Waals surface area contributed by atoms with Crippen molar-refractivity contribution < 1.29 is 39.6 Å². The molecule has 0 saturated heterocycles. The maximum absolute atomic E-state index is 10.1. The van der Waals surface area contributed by atoms with E-state index in [1.165, 1.54) is 128 Å². The van der Waals surface area contributed by atoms with Crippen molar-refractivity contribution in [2.24, 2.45) is 42.9 Å². The second-order valence-electron chi connectivity index (χ2n) is 20.2. The second-order valence-corrected chi connectivity index (χ2v) is 21.1. The van der Waals surface area contributed by atoms with Gasteiger partial charge in [0, 0.05) is 60.2 Å². The number of rotatable bonds is 41. The Morgan fingerprint density at radius 2 is 0.561 bits per heavy atom. The molecule has 18 nitrogen and oxygen atoms in total. The van der Waals surface area contributed by atoms with Crippen LogP contribution in [0.15, 0.2) is 68.5 Å². The number of halogens is 2. The van der Waals surface area contributed by atoms with Crippen LogP contribution in [0.2, 0.25) is 10.0 Å². The lowest BCUT2D eigenvalue weighted by molar-refractivity contribution is -0.138. The second kappa shape index (κ2) is 61.5. The van der Waals surface area contributed by atoms with E-state index in [9.17, 15) is 19.2 Å². The molecule has 0 saturated carbocycles. The molecule has 20 heteroatoms. The number of guanidine groups is 4. The van der Waals surface area contributed by atoms with Crippen LogP contribution >= 0.6 is 23.2 Å². The molecule has 0 spiro atoms. The third kappa shape index (κ3) is 66.9. The first-order chi connectivity index (χ1) is 39.4. The monoisotopic (exact) mass is 1190 g/mol. The predicted octanol–water partition coefficient (Wildman–Crippen LogP) is 16.2. The standard InChI is InChI=1S/C22H30Cl2N10.4C10H20O2/c23-15-5-9-17(10-6-15)31-21(27)33-19(25)29-13-3-1-2-4-14-30-20(26)34-22(28)32-18-11-7-16(24)8-12-18;4*1-2-3-4-5-6-7-8-9-10(11)12/h5-12H,1-4,13-14H2,(H5,25,27,29,31,33)(H5,26,28,30,32,34);4*2-9H2,1H3,(H,11,12). The Morgan fingerprint density at radius 3 is 0.780 bits per heavy atom. The number of nitrogens with zero attached hydrogens (tertiary/aromatic N) is 4. The van der Waals surface area contributed by atoms with E-state index in [2.05, 4.69) is 58.3 Å². The zero-order valence-electron chi connectivity index (χ0n) is 50.8. The smallest absolute Gasteiger partial charge is 0.303 e. The lowest BCUT2D eigenvalue weighted by atomic mass is 10.1. The minimum atomic E-state index is -0.663. The highest BCUT2D eigenvalue weighted by Gasteiger charge is 2.02. The number of carboxylic acid groups (broad SMARTS) is 4. The molecular formula is C62H110Cl2N10O8. The number of anilines is 2. The van der Waals surface area contributed by atoms with Gasteiger partial charge >= 0.3 is 23.9 Å². The molecule has 0 aliphatic rings. The van der Waals surface area contributed by atoms with Crippen LogP contribution in [0.25, 0.3) is 0 Å². The highest BCUT2D eigenvalue weighted by Crippen LogP contribution is 2.15. The quantitative estimate of drug-likeness (QED) is 0.0168. The van der Waals surface area contributed by atoms with Crippen molar-refractivity contribution in [3.8, 4) is 0 Å². The number of nitrogens with two attached hydrogens (primary N) is 4. The summed E-state index contributed by atoms with van der Waals surface area (Å²) in [6.07, 6.45) is 38.3. The molecule has 0 radical (unpaired) electrons. The average Bonchev–Trinajstić information content (AvgIpc) is 3.42. The van der Waals surface area contributed by atoms with Crippen molar-refractivity contribution in [3.05, 3.63) is 58.6 Å². The van der Waals surface area contributed by atoms with Gasteiger partial charge in [-0.3, -0.25) is 29.2 Å². The van der Waals surface area contributed by atoms with Gasteiger partial charge in [0.1, 0.15) is 0 Å². The number of aliphatic carboxylic acids is 4. The molecule has 14 N–H and O–H groups in total. The van der Waals surface area contributed by atoms with Gasteiger partial charge in [0.05, 0.1) is 0 Å². The van der Waals surface area contributed by atoms with E-state index in [1.807, 2.05) is 0 Å². The van der Waals surface area contributed by atoms with Crippen LogP contribution < -0.4 is 33.6 Å². The van der Waals surface area contributed by atoms with Gasteiger partial charge in [-0.05, 0) is 87.1 Å². The molecule has 2 aromatic carbocycles. The Balaban J connectivity index is -0.00000107. The van der Waals surface area contributed by atoms with Crippen LogP contribution in [0.3, 0.4) is 0 Å². The molecule has 2 rings (SSSR count). The highest BCUT2D eigenvalue weighted by molar-refractivity contribution is 6.31. The summed E-state index contributed by atoms with van der Waals surface area (Å²) in [4.78, 5) is 57.0. The lowest BCUT2D eigenvalue weighted by Crippen LogP contribution is -2.26. The number of carbonyl (C=O) groups is 4.